The number of hydrogen-bond donors (Lipinski definition) is 0. The molecule has 2 heteroatoms. The van der Waals surface area contributed by atoms with Crippen LogP contribution in [0.4, 0.5) is 0 Å². The van der Waals surface area contributed by atoms with E-state index in [9.17, 15) is 0 Å². The molecule has 0 radical (unpaired) electrons. The Balaban J connectivity index is 2.18. The average molecular weight is 533 g/mol. The van der Waals surface area contributed by atoms with Crippen LogP contribution in [0.1, 0.15) is 201 Å². The summed E-state index contributed by atoms with van der Waals surface area (Å²) >= 11 is 0. The van der Waals surface area contributed by atoms with Crippen LogP contribution in [-0.2, 0) is 0 Å². The molecular formula is C36H72N2. The molecule has 2 nitrogen and oxygen atoms in total. The second kappa shape index (κ2) is 27.9. The van der Waals surface area contributed by atoms with Crippen LogP contribution in [0.5, 0.6) is 0 Å². The minimum atomic E-state index is 0.642. The molecule has 0 saturated carbocycles. The monoisotopic (exact) mass is 533 g/mol. The molecule has 1 aliphatic heterocycles. The van der Waals surface area contributed by atoms with Crippen LogP contribution in [-0.4, -0.2) is 29.1 Å². The van der Waals surface area contributed by atoms with E-state index in [1.165, 1.54) is 193 Å². The lowest BCUT2D eigenvalue weighted by Gasteiger charge is -2.33. The van der Waals surface area contributed by atoms with E-state index in [1.54, 1.807) is 0 Å². The molecule has 0 spiro atoms. The fourth-order valence-corrected chi connectivity index (χ4v) is 6.19. The van der Waals surface area contributed by atoms with Crippen molar-refractivity contribution in [2.45, 2.75) is 207 Å². The summed E-state index contributed by atoms with van der Waals surface area (Å²) in [6, 6.07) is 0. The molecule has 0 saturated heterocycles. The molecule has 0 aromatic carbocycles. The highest BCUT2D eigenvalue weighted by molar-refractivity contribution is 4.97. The highest BCUT2D eigenvalue weighted by Gasteiger charge is 2.24. The third-order valence-corrected chi connectivity index (χ3v) is 8.82. The smallest absolute Gasteiger partial charge is 0.101 e. The molecule has 0 aromatic heterocycles. The van der Waals surface area contributed by atoms with Gasteiger partial charge in [-0.05, 0) is 25.7 Å². The lowest BCUT2D eigenvalue weighted by molar-refractivity contribution is 0.135. The maximum atomic E-state index is 2.70. The third kappa shape index (κ3) is 20.3. The first-order valence-corrected chi connectivity index (χ1v) is 18.0. The zero-order chi connectivity index (χ0) is 27.4. The number of unbranched alkanes of at least 4 members (excludes halogenated alkanes) is 24. The van der Waals surface area contributed by atoms with E-state index >= 15 is 0 Å². The molecule has 0 N–H and O–H groups in total. The molecule has 0 amide bonds. The average Bonchev–Trinajstić information content (AvgIpc) is 3.31. The first-order valence-electron chi connectivity index (χ1n) is 18.0. The molecule has 1 aliphatic rings. The first-order chi connectivity index (χ1) is 18.8. The van der Waals surface area contributed by atoms with Crippen molar-refractivity contribution >= 4 is 0 Å². The molecule has 1 rings (SSSR count). The van der Waals surface area contributed by atoms with Gasteiger partial charge in [0.1, 0.15) is 6.17 Å². The summed E-state index contributed by atoms with van der Waals surface area (Å²) in [4.78, 5) is 5.40. The van der Waals surface area contributed by atoms with Gasteiger partial charge in [0, 0.05) is 25.5 Å². The molecule has 226 valence electrons. The second-order valence-corrected chi connectivity index (χ2v) is 12.5. The zero-order valence-corrected chi connectivity index (χ0v) is 26.8. The van der Waals surface area contributed by atoms with E-state index in [1.807, 2.05) is 0 Å². The highest BCUT2D eigenvalue weighted by atomic mass is 15.4. The van der Waals surface area contributed by atoms with Crippen molar-refractivity contribution in [2.24, 2.45) is 0 Å². The summed E-state index contributed by atoms with van der Waals surface area (Å²) in [5.41, 5.74) is 0. The fourth-order valence-electron chi connectivity index (χ4n) is 6.19. The van der Waals surface area contributed by atoms with Gasteiger partial charge >= 0.3 is 0 Å². The molecule has 0 aromatic rings. The van der Waals surface area contributed by atoms with Crippen LogP contribution in [0.15, 0.2) is 12.4 Å². The Morgan fingerprint density at radius 1 is 0.342 bits per heavy atom. The summed E-state index contributed by atoms with van der Waals surface area (Å²) < 4.78 is 0. The first kappa shape index (κ1) is 35.4. The SMILES string of the molecule is CCCCCCCCCCCCCCCCC1N(CCCCCCCC)C=CN1CCCCCCCCC. The zero-order valence-electron chi connectivity index (χ0n) is 26.8. The number of hydrogen-bond acceptors (Lipinski definition) is 2. The van der Waals surface area contributed by atoms with Crippen molar-refractivity contribution in [3.8, 4) is 0 Å². The van der Waals surface area contributed by atoms with Crippen molar-refractivity contribution in [1.82, 2.24) is 9.80 Å². The molecule has 0 bridgehead atoms. The predicted octanol–water partition coefficient (Wildman–Crippen LogP) is 12.4. The Kier molecular flexibility index (Phi) is 26.0. The van der Waals surface area contributed by atoms with E-state index in [0.717, 1.165) is 0 Å². The van der Waals surface area contributed by atoms with E-state index in [0.29, 0.717) is 6.17 Å². The standard InChI is InChI=1S/C36H72N2/c1-4-7-10-13-16-17-18-19-20-21-22-23-25-28-31-36-37(32-29-26-15-12-9-6-3)34-35-38(36)33-30-27-24-14-11-8-5-2/h34-36H,4-33H2,1-3H3. The maximum absolute atomic E-state index is 2.70. The number of nitrogens with zero attached hydrogens (tertiary/aromatic N) is 2. The third-order valence-electron chi connectivity index (χ3n) is 8.82. The van der Waals surface area contributed by atoms with Crippen LogP contribution < -0.4 is 0 Å². The lowest BCUT2D eigenvalue weighted by atomic mass is 10.0. The summed E-state index contributed by atoms with van der Waals surface area (Å²) in [5, 5.41) is 0. The van der Waals surface area contributed by atoms with Crippen molar-refractivity contribution in [3.63, 3.8) is 0 Å². The molecule has 0 fully saturated rings. The van der Waals surface area contributed by atoms with Gasteiger partial charge in [-0.15, -0.1) is 0 Å². The largest absolute Gasteiger partial charge is 0.356 e. The molecule has 1 heterocycles. The van der Waals surface area contributed by atoms with Gasteiger partial charge in [0.05, 0.1) is 0 Å². The summed E-state index contributed by atoms with van der Waals surface area (Å²) in [5.74, 6) is 0. The van der Waals surface area contributed by atoms with Gasteiger partial charge in [-0.25, -0.2) is 0 Å². The van der Waals surface area contributed by atoms with Gasteiger partial charge in [-0.3, -0.25) is 0 Å². The van der Waals surface area contributed by atoms with E-state index in [-0.39, 0.29) is 0 Å². The Bertz CT molecular complexity index is 488. The summed E-state index contributed by atoms with van der Waals surface area (Å²) in [6.07, 6.45) is 45.5. The van der Waals surface area contributed by atoms with Crippen LogP contribution in [0.25, 0.3) is 0 Å². The Hall–Kier alpha value is -0.660. The molecule has 1 atom stereocenters. The van der Waals surface area contributed by atoms with Crippen LogP contribution >= 0.6 is 0 Å². The minimum Gasteiger partial charge on any atom is -0.356 e. The topological polar surface area (TPSA) is 6.48 Å². The summed E-state index contributed by atoms with van der Waals surface area (Å²) in [7, 11) is 0. The van der Waals surface area contributed by atoms with Gasteiger partial charge in [-0.2, -0.15) is 0 Å². The highest BCUT2D eigenvalue weighted by Crippen LogP contribution is 2.24. The Labute approximate surface area is 241 Å². The predicted molar refractivity (Wildman–Crippen MR) is 173 cm³/mol. The molecular weight excluding hydrogens is 460 g/mol. The lowest BCUT2D eigenvalue weighted by Crippen LogP contribution is -2.39. The minimum absolute atomic E-state index is 0.642. The normalized spacial score (nSPS) is 15.3. The Morgan fingerprint density at radius 2 is 0.605 bits per heavy atom. The maximum Gasteiger partial charge on any atom is 0.101 e. The van der Waals surface area contributed by atoms with Crippen LogP contribution in [0.3, 0.4) is 0 Å². The van der Waals surface area contributed by atoms with Crippen molar-refractivity contribution in [1.29, 1.82) is 0 Å². The van der Waals surface area contributed by atoms with Gasteiger partial charge < -0.3 is 9.80 Å². The van der Waals surface area contributed by atoms with Crippen LogP contribution in [0.2, 0.25) is 0 Å². The van der Waals surface area contributed by atoms with Gasteiger partial charge in [0.25, 0.3) is 0 Å². The molecule has 1 unspecified atom stereocenters. The summed E-state index contributed by atoms with van der Waals surface area (Å²) in [6.45, 7) is 9.47. The Morgan fingerprint density at radius 3 is 0.921 bits per heavy atom. The van der Waals surface area contributed by atoms with Crippen LogP contribution in [0, 0.1) is 0 Å². The van der Waals surface area contributed by atoms with E-state index < -0.39 is 0 Å². The van der Waals surface area contributed by atoms with E-state index in [4.69, 9.17) is 0 Å². The van der Waals surface area contributed by atoms with Gasteiger partial charge in [0.15, 0.2) is 0 Å². The molecule has 38 heavy (non-hydrogen) atoms. The van der Waals surface area contributed by atoms with Crippen molar-refractivity contribution < 1.29 is 0 Å². The molecule has 0 aliphatic carbocycles. The second-order valence-electron chi connectivity index (χ2n) is 12.5. The quantitative estimate of drug-likeness (QED) is 0.0848. The van der Waals surface area contributed by atoms with Gasteiger partial charge in [0.2, 0.25) is 0 Å². The van der Waals surface area contributed by atoms with E-state index in [2.05, 4.69) is 43.0 Å². The van der Waals surface area contributed by atoms with Crippen molar-refractivity contribution in [2.75, 3.05) is 13.1 Å². The fraction of sp³-hybridized carbons (Fsp3) is 0.944. The van der Waals surface area contributed by atoms with Crippen molar-refractivity contribution in [3.05, 3.63) is 12.4 Å². The number of rotatable bonds is 30. The van der Waals surface area contributed by atoms with Gasteiger partial charge in [-0.1, -0.05) is 175 Å².